The summed E-state index contributed by atoms with van der Waals surface area (Å²) in [5, 5.41) is 12.0. The number of carbonyl (C=O) groups excluding carboxylic acids is 1. The fraction of sp³-hybridized carbons (Fsp3) is 0.292. The molecule has 0 radical (unpaired) electrons. The van der Waals surface area contributed by atoms with Crippen LogP contribution in [0, 0.1) is 0 Å². The Morgan fingerprint density at radius 3 is 2.79 bits per heavy atom. The van der Waals surface area contributed by atoms with Gasteiger partial charge in [-0.05, 0) is 54.8 Å². The van der Waals surface area contributed by atoms with Gasteiger partial charge < -0.3 is 19.4 Å². The highest BCUT2D eigenvalue weighted by molar-refractivity contribution is 6.33. The molecular formula is C24H23ClF2N4O3. The van der Waals surface area contributed by atoms with Crippen molar-refractivity contribution in [3.05, 3.63) is 58.9 Å². The van der Waals surface area contributed by atoms with Crippen molar-refractivity contribution < 1.29 is 23.0 Å². The number of aryl methyl sites for hydroxylation is 1. The maximum absolute atomic E-state index is 12.5. The van der Waals surface area contributed by atoms with Crippen LogP contribution in [0.1, 0.15) is 30.7 Å². The average molecular weight is 489 g/mol. The maximum Gasteiger partial charge on any atom is 0.387 e. The number of hydrogen-bond acceptors (Lipinski definition) is 5. The molecule has 7 nitrogen and oxygen atoms in total. The molecule has 0 saturated carbocycles. The molecule has 2 heterocycles. The first-order valence-electron chi connectivity index (χ1n) is 10.8. The molecule has 1 amide bonds. The van der Waals surface area contributed by atoms with E-state index < -0.39 is 6.61 Å². The highest BCUT2D eigenvalue weighted by atomic mass is 35.5. The summed E-state index contributed by atoms with van der Waals surface area (Å²) in [7, 11) is 1.35. The number of halogens is 3. The van der Waals surface area contributed by atoms with Crippen molar-refractivity contribution in [2.45, 2.75) is 38.8 Å². The number of nitrogens with one attached hydrogen (secondary N) is 1. The molecule has 0 fully saturated rings. The number of alkyl halides is 2. The molecule has 1 aromatic heterocycles. The smallest absolute Gasteiger partial charge is 0.387 e. The van der Waals surface area contributed by atoms with Crippen LogP contribution in [0.15, 0.2) is 42.5 Å². The van der Waals surface area contributed by atoms with E-state index in [4.69, 9.17) is 16.3 Å². The lowest BCUT2D eigenvalue weighted by molar-refractivity contribution is -0.111. The van der Waals surface area contributed by atoms with Crippen molar-refractivity contribution in [3.63, 3.8) is 0 Å². The van der Waals surface area contributed by atoms with Crippen LogP contribution in [0.4, 0.5) is 14.5 Å². The quantitative estimate of drug-likeness (QED) is 0.439. The number of aromatic nitrogens is 3. The Kier molecular flexibility index (Phi) is 7.42. The third-order valence-corrected chi connectivity index (χ3v) is 5.74. The molecule has 10 heteroatoms. The lowest BCUT2D eigenvalue weighted by Crippen LogP contribution is -2.08. The monoisotopic (exact) mass is 488 g/mol. The minimum Gasteiger partial charge on any atom is -0.493 e. The predicted octanol–water partition coefficient (Wildman–Crippen LogP) is 5.59. The second-order valence-electron chi connectivity index (χ2n) is 7.71. The first kappa shape index (κ1) is 23.7. The van der Waals surface area contributed by atoms with Crippen molar-refractivity contribution in [1.82, 2.24) is 14.8 Å². The molecule has 34 heavy (non-hydrogen) atoms. The third kappa shape index (κ3) is 5.53. The molecule has 0 aliphatic carbocycles. The van der Waals surface area contributed by atoms with E-state index in [2.05, 4.69) is 24.8 Å². The lowest BCUT2D eigenvalue weighted by Gasteiger charge is -2.11. The number of hydrogen-bond donors (Lipinski definition) is 1. The Hall–Kier alpha value is -3.46. The molecule has 2 aromatic carbocycles. The standard InChI is InChI=1S/C24H23ClF2N4O3/c1-33-20-13-15(6-10-19(20)34-24(26)27)7-11-22(32)28-16-8-9-18(25)17(14-16)23-30-29-21-5-3-2-4-12-31(21)23/h6-11,13-14,24H,2-5,12H2,1H3,(H,28,32)/b11-7+. The van der Waals surface area contributed by atoms with Gasteiger partial charge in [-0.1, -0.05) is 24.1 Å². The summed E-state index contributed by atoms with van der Waals surface area (Å²) in [6.45, 7) is -2.13. The van der Waals surface area contributed by atoms with Gasteiger partial charge in [0.2, 0.25) is 5.91 Å². The van der Waals surface area contributed by atoms with Gasteiger partial charge in [-0.2, -0.15) is 8.78 Å². The van der Waals surface area contributed by atoms with Gasteiger partial charge in [-0.15, -0.1) is 10.2 Å². The van der Waals surface area contributed by atoms with Gasteiger partial charge in [0.1, 0.15) is 5.82 Å². The van der Waals surface area contributed by atoms with E-state index in [1.54, 1.807) is 30.3 Å². The van der Waals surface area contributed by atoms with Crippen molar-refractivity contribution in [1.29, 1.82) is 0 Å². The Labute approximate surface area is 200 Å². The van der Waals surface area contributed by atoms with Gasteiger partial charge in [0.25, 0.3) is 0 Å². The molecule has 0 unspecified atom stereocenters. The Balaban J connectivity index is 1.49. The summed E-state index contributed by atoms with van der Waals surface area (Å²) in [6.07, 6.45) is 7.04. The van der Waals surface area contributed by atoms with Gasteiger partial charge in [-0.25, -0.2) is 0 Å². The van der Waals surface area contributed by atoms with Gasteiger partial charge in [0.15, 0.2) is 17.3 Å². The van der Waals surface area contributed by atoms with E-state index in [0.29, 0.717) is 27.7 Å². The second kappa shape index (κ2) is 10.6. The molecule has 0 atom stereocenters. The molecule has 1 aliphatic rings. The van der Waals surface area contributed by atoms with Crippen molar-refractivity contribution in [3.8, 4) is 22.9 Å². The topological polar surface area (TPSA) is 78.3 Å². The highest BCUT2D eigenvalue weighted by Gasteiger charge is 2.18. The van der Waals surface area contributed by atoms with Crippen LogP contribution in [0.2, 0.25) is 5.02 Å². The minimum absolute atomic E-state index is 0.0841. The van der Waals surface area contributed by atoms with Crippen LogP contribution in [0.25, 0.3) is 17.5 Å². The van der Waals surface area contributed by atoms with Crippen molar-refractivity contribution in [2.24, 2.45) is 0 Å². The van der Waals surface area contributed by atoms with Gasteiger partial charge in [0, 0.05) is 30.3 Å². The summed E-state index contributed by atoms with van der Waals surface area (Å²) in [6, 6.07) is 9.59. The highest BCUT2D eigenvalue weighted by Crippen LogP contribution is 2.32. The van der Waals surface area contributed by atoms with E-state index in [0.717, 1.165) is 38.1 Å². The predicted molar refractivity (Wildman–Crippen MR) is 125 cm³/mol. The molecule has 1 N–H and O–H groups in total. The normalized spacial score (nSPS) is 13.6. The number of benzene rings is 2. The van der Waals surface area contributed by atoms with Crippen LogP contribution in [-0.2, 0) is 17.8 Å². The molecule has 0 saturated heterocycles. The van der Waals surface area contributed by atoms with E-state index in [-0.39, 0.29) is 17.4 Å². The largest absolute Gasteiger partial charge is 0.493 e. The average Bonchev–Trinajstić information content (AvgIpc) is 3.06. The molecule has 178 valence electrons. The number of fused-ring (bicyclic) bond motifs is 1. The van der Waals surface area contributed by atoms with E-state index in [9.17, 15) is 13.6 Å². The van der Waals surface area contributed by atoms with Crippen LogP contribution in [-0.4, -0.2) is 34.4 Å². The lowest BCUT2D eigenvalue weighted by atomic mass is 10.1. The Morgan fingerprint density at radius 1 is 1.15 bits per heavy atom. The summed E-state index contributed by atoms with van der Waals surface area (Å²) >= 11 is 6.44. The zero-order chi connectivity index (χ0) is 24.1. The zero-order valence-electron chi connectivity index (χ0n) is 18.4. The van der Waals surface area contributed by atoms with E-state index >= 15 is 0 Å². The number of rotatable bonds is 7. The fourth-order valence-corrected chi connectivity index (χ4v) is 4.00. The second-order valence-corrected chi connectivity index (χ2v) is 8.12. The Morgan fingerprint density at radius 2 is 2.00 bits per heavy atom. The molecule has 1 aliphatic heterocycles. The van der Waals surface area contributed by atoms with E-state index in [1.165, 1.54) is 25.3 Å². The van der Waals surface area contributed by atoms with Gasteiger partial charge in [0.05, 0.1) is 12.1 Å². The summed E-state index contributed by atoms with van der Waals surface area (Å²) < 4.78 is 36.5. The SMILES string of the molecule is COc1cc(/C=C/C(=O)Nc2ccc(Cl)c(-c3nnc4n3CCCCC4)c2)ccc1OC(F)F. The number of nitrogens with zero attached hydrogens (tertiary/aromatic N) is 3. The number of carbonyl (C=O) groups is 1. The number of methoxy groups -OCH3 is 1. The maximum atomic E-state index is 12.5. The summed E-state index contributed by atoms with van der Waals surface area (Å²) in [5.74, 6) is 1.31. The molecule has 4 rings (SSSR count). The van der Waals surface area contributed by atoms with Crippen molar-refractivity contribution in [2.75, 3.05) is 12.4 Å². The number of amides is 1. The van der Waals surface area contributed by atoms with Crippen LogP contribution >= 0.6 is 11.6 Å². The van der Waals surface area contributed by atoms with Crippen LogP contribution in [0.5, 0.6) is 11.5 Å². The van der Waals surface area contributed by atoms with Crippen LogP contribution < -0.4 is 14.8 Å². The molecule has 0 bridgehead atoms. The third-order valence-electron chi connectivity index (χ3n) is 5.42. The molecule has 0 spiro atoms. The van der Waals surface area contributed by atoms with E-state index in [1.807, 2.05) is 0 Å². The molecular weight excluding hydrogens is 466 g/mol. The van der Waals surface area contributed by atoms with Gasteiger partial charge in [-0.3, -0.25) is 4.79 Å². The number of anilines is 1. The van der Waals surface area contributed by atoms with Gasteiger partial charge >= 0.3 is 6.61 Å². The first-order chi connectivity index (χ1) is 16.4. The summed E-state index contributed by atoms with van der Waals surface area (Å²) in [4.78, 5) is 12.5. The Bertz CT molecular complexity index is 1210. The molecule has 3 aromatic rings. The fourth-order valence-electron chi connectivity index (χ4n) is 3.80. The zero-order valence-corrected chi connectivity index (χ0v) is 19.2. The summed E-state index contributed by atoms with van der Waals surface area (Å²) in [5.41, 5.74) is 1.83. The van der Waals surface area contributed by atoms with Crippen molar-refractivity contribution >= 4 is 29.3 Å². The number of ether oxygens (including phenoxy) is 2. The first-order valence-corrected chi connectivity index (χ1v) is 11.2. The van der Waals surface area contributed by atoms with Crippen LogP contribution in [0.3, 0.4) is 0 Å². The minimum atomic E-state index is -2.96.